The van der Waals surface area contributed by atoms with Gasteiger partial charge >= 0.3 is 0 Å². The van der Waals surface area contributed by atoms with Crippen LogP contribution in [0.25, 0.3) is 0 Å². The van der Waals surface area contributed by atoms with Crippen LogP contribution in [0.1, 0.15) is 30.5 Å². The summed E-state index contributed by atoms with van der Waals surface area (Å²) < 4.78 is 11.1. The molecule has 2 aromatic rings. The van der Waals surface area contributed by atoms with Gasteiger partial charge in [-0.2, -0.15) is 0 Å². The Morgan fingerprint density at radius 1 is 1.00 bits per heavy atom. The maximum Gasteiger partial charge on any atom is 0.191 e. The topological polar surface area (TPSA) is 58.1 Å². The summed E-state index contributed by atoms with van der Waals surface area (Å²) in [5.74, 6) is 1.72. The van der Waals surface area contributed by atoms with Crippen molar-refractivity contribution in [1.29, 1.82) is 0 Å². The Bertz CT molecular complexity index is 792. The Hall–Kier alpha value is -1.84. The molecule has 3 rings (SSSR count). The van der Waals surface area contributed by atoms with Crippen molar-refractivity contribution in [3.05, 3.63) is 65.2 Å². The van der Waals surface area contributed by atoms with Gasteiger partial charge in [-0.05, 0) is 31.0 Å². The van der Waals surface area contributed by atoms with E-state index in [2.05, 4.69) is 52.8 Å². The second-order valence-corrected chi connectivity index (χ2v) is 7.29. The molecular formula is C24H35IN4O2. The van der Waals surface area contributed by atoms with E-state index in [9.17, 15) is 0 Å². The van der Waals surface area contributed by atoms with Gasteiger partial charge in [0.15, 0.2) is 5.96 Å². The predicted octanol–water partition coefficient (Wildman–Crippen LogP) is 3.79. The average molecular weight is 538 g/mol. The molecule has 2 N–H and O–H groups in total. The van der Waals surface area contributed by atoms with Gasteiger partial charge in [0.2, 0.25) is 0 Å². The molecule has 0 bridgehead atoms. The van der Waals surface area contributed by atoms with Crippen molar-refractivity contribution in [1.82, 2.24) is 15.5 Å². The standard InChI is InChI=1S/C24H34N4O2.HI/c1-3-25-24(27-18-22-7-5-6-8-23(22)30-4-2)26-17-20-9-11-21(12-10-20)19-28-13-15-29-16-14-28;/h5-12H,3-4,13-19H2,1-2H3,(H2,25,26,27);1H. The van der Waals surface area contributed by atoms with E-state index in [-0.39, 0.29) is 24.0 Å². The fourth-order valence-corrected chi connectivity index (χ4v) is 3.40. The van der Waals surface area contributed by atoms with Gasteiger partial charge in [0, 0.05) is 38.3 Å². The second kappa shape index (κ2) is 14.3. The highest BCUT2D eigenvalue weighted by atomic mass is 127. The Balaban J connectivity index is 0.00000341. The fraction of sp³-hybridized carbons (Fsp3) is 0.458. The van der Waals surface area contributed by atoms with Crippen LogP contribution in [0, 0.1) is 0 Å². The third kappa shape index (κ3) is 8.66. The minimum atomic E-state index is 0. The van der Waals surface area contributed by atoms with Crippen LogP contribution in [-0.2, 0) is 24.4 Å². The summed E-state index contributed by atoms with van der Waals surface area (Å²) in [6.07, 6.45) is 0. The number of rotatable bonds is 9. The number of halogens is 1. The summed E-state index contributed by atoms with van der Waals surface area (Å²) in [4.78, 5) is 7.18. The van der Waals surface area contributed by atoms with Gasteiger partial charge in [0.05, 0.1) is 26.4 Å². The molecule has 0 spiro atoms. The number of para-hydroxylation sites is 1. The van der Waals surface area contributed by atoms with E-state index in [0.29, 0.717) is 19.7 Å². The Kier molecular flexibility index (Phi) is 11.7. The van der Waals surface area contributed by atoms with Crippen LogP contribution in [0.4, 0.5) is 0 Å². The minimum absolute atomic E-state index is 0. The number of hydrogen-bond acceptors (Lipinski definition) is 4. The predicted molar refractivity (Wildman–Crippen MR) is 137 cm³/mol. The zero-order chi connectivity index (χ0) is 21.0. The van der Waals surface area contributed by atoms with E-state index in [4.69, 9.17) is 14.5 Å². The third-order valence-electron chi connectivity index (χ3n) is 5.02. The van der Waals surface area contributed by atoms with Crippen LogP contribution in [-0.4, -0.2) is 50.3 Å². The lowest BCUT2D eigenvalue weighted by molar-refractivity contribution is 0.0342. The highest BCUT2D eigenvalue weighted by molar-refractivity contribution is 14.0. The molecule has 1 saturated heterocycles. The summed E-state index contributed by atoms with van der Waals surface area (Å²) in [6.45, 7) is 11.5. The summed E-state index contributed by atoms with van der Waals surface area (Å²) in [6, 6.07) is 16.9. The third-order valence-corrected chi connectivity index (χ3v) is 5.02. The number of nitrogens with zero attached hydrogens (tertiary/aromatic N) is 2. The summed E-state index contributed by atoms with van der Waals surface area (Å²) in [7, 11) is 0. The number of guanidine groups is 1. The lowest BCUT2D eigenvalue weighted by atomic mass is 10.1. The Morgan fingerprint density at radius 2 is 1.71 bits per heavy atom. The van der Waals surface area contributed by atoms with Gasteiger partial charge in [-0.25, -0.2) is 4.99 Å². The molecule has 1 fully saturated rings. The summed E-state index contributed by atoms with van der Waals surface area (Å²) in [5.41, 5.74) is 3.66. The molecule has 1 aliphatic rings. The van der Waals surface area contributed by atoms with Gasteiger partial charge < -0.3 is 20.1 Å². The number of morpholine rings is 1. The van der Waals surface area contributed by atoms with E-state index in [1.165, 1.54) is 11.1 Å². The van der Waals surface area contributed by atoms with Crippen molar-refractivity contribution in [2.24, 2.45) is 4.99 Å². The van der Waals surface area contributed by atoms with Crippen molar-refractivity contribution < 1.29 is 9.47 Å². The monoisotopic (exact) mass is 538 g/mol. The largest absolute Gasteiger partial charge is 0.494 e. The van der Waals surface area contributed by atoms with E-state index in [0.717, 1.165) is 56.7 Å². The number of nitrogens with one attached hydrogen (secondary N) is 2. The van der Waals surface area contributed by atoms with Crippen molar-refractivity contribution in [2.75, 3.05) is 39.5 Å². The lowest BCUT2D eigenvalue weighted by Gasteiger charge is -2.26. The SMILES string of the molecule is CCNC(=NCc1ccc(CN2CCOCC2)cc1)NCc1ccccc1OCC.I. The van der Waals surface area contributed by atoms with Crippen LogP contribution in [0.15, 0.2) is 53.5 Å². The Morgan fingerprint density at radius 3 is 2.42 bits per heavy atom. The number of hydrogen-bond donors (Lipinski definition) is 2. The molecule has 6 nitrogen and oxygen atoms in total. The van der Waals surface area contributed by atoms with Crippen molar-refractivity contribution >= 4 is 29.9 Å². The normalized spacial score (nSPS) is 14.6. The fourth-order valence-electron chi connectivity index (χ4n) is 3.40. The molecule has 0 atom stereocenters. The smallest absolute Gasteiger partial charge is 0.191 e. The van der Waals surface area contributed by atoms with Gasteiger partial charge in [-0.3, -0.25) is 4.90 Å². The highest BCUT2D eigenvalue weighted by Crippen LogP contribution is 2.17. The molecule has 170 valence electrons. The quantitative estimate of drug-likeness (QED) is 0.289. The summed E-state index contributed by atoms with van der Waals surface area (Å²) >= 11 is 0. The first-order valence-electron chi connectivity index (χ1n) is 10.9. The van der Waals surface area contributed by atoms with Crippen LogP contribution < -0.4 is 15.4 Å². The van der Waals surface area contributed by atoms with Gasteiger partial charge in [0.25, 0.3) is 0 Å². The molecule has 0 radical (unpaired) electrons. The van der Waals surface area contributed by atoms with Crippen molar-refractivity contribution in [3.63, 3.8) is 0 Å². The molecule has 0 aliphatic carbocycles. The summed E-state index contributed by atoms with van der Waals surface area (Å²) in [5, 5.41) is 6.73. The van der Waals surface area contributed by atoms with Gasteiger partial charge in [-0.1, -0.05) is 42.5 Å². The van der Waals surface area contributed by atoms with E-state index >= 15 is 0 Å². The van der Waals surface area contributed by atoms with Crippen molar-refractivity contribution in [3.8, 4) is 5.75 Å². The van der Waals surface area contributed by atoms with Crippen LogP contribution in [0.3, 0.4) is 0 Å². The molecule has 0 saturated carbocycles. The molecule has 1 aliphatic heterocycles. The van der Waals surface area contributed by atoms with Crippen LogP contribution in [0.5, 0.6) is 5.75 Å². The number of aliphatic imine (C=N–C) groups is 1. The zero-order valence-electron chi connectivity index (χ0n) is 18.6. The molecule has 0 aromatic heterocycles. The second-order valence-electron chi connectivity index (χ2n) is 7.29. The van der Waals surface area contributed by atoms with E-state index < -0.39 is 0 Å². The number of benzene rings is 2. The molecule has 1 heterocycles. The molecule has 0 amide bonds. The maximum atomic E-state index is 5.71. The van der Waals surface area contributed by atoms with Gasteiger partial charge in [0.1, 0.15) is 5.75 Å². The molecule has 0 unspecified atom stereocenters. The van der Waals surface area contributed by atoms with E-state index in [1.807, 2.05) is 25.1 Å². The minimum Gasteiger partial charge on any atom is -0.494 e. The molecule has 31 heavy (non-hydrogen) atoms. The number of ether oxygens (including phenoxy) is 2. The first kappa shape index (κ1) is 25.4. The maximum absolute atomic E-state index is 5.71. The molecule has 7 heteroatoms. The zero-order valence-corrected chi connectivity index (χ0v) is 20.9. The van der Waals surface area contributed by atoms with Crippen molar-refractivity contribution in [2.45, 2.75) is 33.5 Å². The van der Waals surface area contributed by atoms with Crippen LogP contribution in [0.2, 0.25) is 0 Å². The van der Waals surface area contributed by atoms with Gasteiger partial charge in [-0.15, -0.1) is 24.0 Å². The first-order chi connectivity index (χ1) is 14.8. The molecular weight excluding hydrogens is 503 g/mol. The Labute approximate surface area is 203 Å². The van der Waals surface area contributed by atoms with Crippen LogP contribution >= 0.6 is 24.0 Å². The average Bonchev–Trinajstić information content (AvgIpc) is 2.78. The first-order valence-corrected chi connectivity index (χ1v) is 10.9. The highest BCUT2D eigenvalue weighted by Gasteiger charge is 2.10. The molecule has 2 aromatic carbocycles. The van der Waals surface area contributed by atoms with E-state index in [1.54, 1.807) is 0 Å². The lowest BCUT2D eigenvalue weighted by Crippen LogP contribution is -2.36.